The van der Waals surface area contributed by atoms with Crippen LogP contribution < -0.4 is 4.74 Å². The summed E-state index contributed by atoms with van der Waals surface area (Å²) in [6.45, 7) is 1.42. The second-order valence-corrected chi connectivity index (χ2v) is 4.55. The monoisotopic (exact) mass is 258 g/mol. The Bertz CT molecular complexity index is 487. The van der Waals surface area contributed by atoms with Crippen molar-refractivity contribution in [3.05, 3.63) is 29.3 Å². The number of carbonyl (C=O) groups is 1. The quantitative estimate of drug-likeness (QED) is 0.831. The molecule has 1 aliphatic rings. The Morgan fingerprint density at radius 2 is 1.94 bits per heavy atom. The topological polar surface area (TPSA) is 26.3 Å². The minimum absolute atomic E-state index is 0.0826. The van der Waals surface area contributed by atoms with Crippen LogP contribution in [0.2, 0.25) is 0 Å². The molecule has 1 aromatic rings. The van der Waals surface area contributed by atoms with Crippen LogP contribution in [0, 0.1) is 0 Å². The maximum absolute atomic E-state index is 12.9. The highest BCUT2D eigenvalue weighted by Crippen LogP contribution is 2.50. The van der Waals surface area contributed by atoms with Crippen molar-refractivity contribution in [2.24, 2.45) is 0 Å². The van der Waals surface area contributed by atoms with E-state index in [0.29, 0.717) is 18.4 Å². The maximum atomic E-state index is 12.9. The molecule has 0 unspecified atom stereocenters. The zero-order valence-corrected chi connectivity index (χ0v) is 10.1. The SMILES string of the molecule is COc1ccc(C2(C(C)=O)CC2)cc1C(F)(F)F. The number of hydrogen-bond acceptors (Lipinski definition) is 2. The van der Waals surface area contributed by atoms with Crippen LogP contribution in [-0.4, -0.2) is 12.9 Å². The van der Waals surface area contributed by atoms with Crippen LogP contribution in [-0.2, 0) is 16.4 Å². The fraction of sp³-hybridized carbons (Fsp3) is 0.462. The predicted molar refractivity (Wildman–Crippen MR) is 59.6 cm³/mol. The van der Waals surface area contributed by atoms with E-state index < -0.39 is 17.2 Å². The van der Waals surface area contributed by atoms with Gasteiger partial charge in [-0.25, -0.2) is 0 Å². The highest BCUT2D eigenvalue weighted by molar-refractivity contribution is 5.91. The molecule has 0 bridgehead atoms. The first-order valence-corrected chi connectivity index (χ1v) is 5.58. The molecular weight excluding hydrogens is 245 g/mol. The van der Waals surface area contributed by atoms with Gasteiger partial charge >= 0.3 is 6.18 Å². The maximum Gasteiger partial charge on any atom is 0.419 e. The lowest BCUT2D eigenvalue weighted by molar-refractivity contribution is -0.139. The number of ether oxygens (including phenoxy) is 1. The van der Waals surface area contributed by atoms with E-state index in [-0.39, 0.29) is 11.5 Å². The Morgan fingerprint density at radius 1 is 1.33 bits per heavy atom. The molecule has 2 nitrogen and oxygen atoms in total. The van der Waals surface area contributed by atoms with Crippen molar-refractivity contribution >= 4 is 5.78 Å². The van der Waals surface area contributed by atoms with Crippen LogP contribution in [0.1, 0.15) is 30.9 Å². The summed E-state index contributed by atoms with van der Waals surface area (Å²) in [5.74, 6) is -0.300. The average molecular weight is 258 g/mol. The van der Waals surface area contributed by atoms with E-state index in [4.69, 9.17) is 4.74 Å². The van der Waals surface area contributed by atoms with Crippen molar-refractivity contribution in [3.63, 3.8) is 0 Å². The van der Waals surface area contributed by atoms with Crippen LogP contribution >= 0.6 is 0 Å². The number of ketones is 1. The molecule has 1 fully saturated rings. The van der Waals surface area contributed by atoms with Crippen LogP contribution in [0.25, 0.3) is 0 Å². The molecule has 0 heterocycles. The Kier molecular flexibility index (Phi) is 2.87. The number of rotatable bonds is 3. The first-order chi connectivity index (χ1) is 8.31. The highest BCUT2D eigenvalue weighted by Gasteiger charge is 2.49. The standard InChI is InChI=1S/C13H13F3O2/c1-8(17)12(5-6-12)9-3-4-11(18-2)10(7-9)13(14,15)16/h3-4,7H,5-6H2,1-2H3. The Balaban J connectivity index is 2.51. The zero-order chi connectivity index (χ0) is 13.6. The molecular formula is C13H13F3O2. The first-order valence-electron chi connectivity index (χ1n) is 5.58. The van der Waals surface area contributed by atoms with Gasteiger partial charge in [-0.2, -0.15) is 13.2 Å². The van der Waals surface area contributed by atoms with E-state index in [1.807, 2.05) is 0 Å². The largest absolute Gasteiger partial charge is 0.496 e. The molecule has 0 N–H and O–H groups in total. The van der Waals surface area contributed by atoms with Gasteiger partial charge in [-0.3, -0.25) is 4.79 Å². The van der Waals surface area contributed by atoms with E-state index in [0.717, 1.165) is 6.07 Å². The summed E-state index contributed by atoms with van der Waals surface area (Å²) < 4.78 is 43.3. The number of benzene rings is 1. The van der Waals surface area contributed by atoms with Crippen LogP contribution in [0.15, 0.2) is 18.2 Å². The van der Waals surface area contributed by atoms with E-state index in [1.54, 1.807) is 6.07 Å². The lowest BCUT2D eigenvalue weighted by Gasteiger charge is -2.17. The molecule has 0 radical (unpaired) electrons. The van der Waals surface area contributed by atoms with Crippen molar-refractivity contribution in [1.29, 1.82) is 0 Å². The molecule has 98 valence electrons. The number of halogens is 3. The first kappa shape index (κ1) is 12.9. The molecule has 0 spiro atoms. The Hall–Kier alpha value is -1.52. The molecule has 18 heavy (non-hydrogen) atoms. The predicted octanol–water partition coefficient (Wildman–Crippen LogP) is 3.33. The molecule has 1 aliphatic carbocycles. The molecule has 0 atom stereocenters. The summed E-state index contributed by atoms with van der Waals surface area (Å²) in [5.41, 5.74) is -1.09. The second kappa shape index (κ2) is 4.00. The van der Waals surface area contributed by atoms with Gasteiger partial charge in [-0.1, -0.05) is 6.07 Å². The van der Waals surface area contributed by atoms with Gasteiger partial charge < -0.3 is 4.74 Å². The molecule has 0 amide bonds. The second-order valence-electron chi connectivity index (χ2n) is 4.55. The summed E-state index contributed by atoms with van der Waals surface area (Å²) in [4.78, 5) is 11.5. The fourth-order valence-corrected chi connectivity index (χ4v) is 2.20. The van der Waals surface area contributed by atoms with Crippen LogP contribution in [0.4, 0.5) is 13.2 Å². The van der Waals surface area contributed by atoms with E-state index in [9.17, 15) is 18.0 Å². The smallest absolute Gasteiger partial charge is 0.419 e. The van der Waals surface area contributed by atoms with Gasteiger partial charge in [0.1, 0.15) is 11.5 Å². The summed E-state index contributed by atoms with van der Waals surface area (Å²) in [7, 11) is 1.20. The minimum Gasteiger partial charge on any atom is -0.496 e. The van der Waals surface area contributed by atoms with Gasteiger partial charge in [-0.15, -0.1) is 0 Å². The number of methoxy groups -OCH3 is 1. The Labute approximate surface area is 103 Å². The third-order valence-electron chi connectivity index (χ3n) is 3.48. The van der Waals surface area contributed by atoms with E-state index in [1.165, 1.54) is 20.1 Å². The van der Waals surface area contributed by atoms with Crippen molar-refractivity contribution in [3.8, 4) is 5.75 Å². The van der Waals surface area contributed by atoms with Gasteiger partial charge in [-0.05, 0) is 37.5 Å². The number of carbonyl (C=O) groups excluding carboxylic acids is 1. The van der Waals surface area contributed by atoms with Gasteiger partial charge in [0.05, 0.1) is 18.1 Å². The van der Waals surface area contributed by atoms with E-state index in [2.05, 4.69) is 0 Å². The van der Waals surface area contributed by atoms with Gasteiger partial charge in [0.15, 0.2) is 0 Å². The van der Waals surface area contributed by atoms with Gasteiger partial charge in [0, 0.05) is 0 Å². The summed E-state index contributed by atoms with van der Waals surface area (Å²) >= 11 is 0. The molecule has 5 heteroatoms. The molecule has 1 saturated carbocycles. The molecule has 2 rings (SSSR count). The molecule has 1 aromatic carbocycles. The number of hydrogen-bond donors (Lipinski definition) is 0. The van der Waals surface area contributed by atoms with Crippen molar-refractivity contribution in [2.45, 2.75) is 31.4 Å². The van der Waals surface area contributed by atoms with Crippen LogP contribution in [0.5, 0.6) is 5.75 Å². The van der Waals surface area contributed by atoms with Crippen molar-refractivity contribution in [1.82, 2.24) is 0 Å². The molecule has 0 aliphatic heterocycles. The minimum atomic E-state index is -4.48. The molecule has 0 saturated heterocycles. The summed E-state index contributed by atoms with van der Waals surface area (Å²) in [6, 6.07) is 3.86. The fourth-order valence-electron chi connectivity index (χ4n) is 2.20. The Morgan fingerprint density at radius 3 is 2.33 bits per heavy atom. The zero-order valence-electron chi connectivity index (χ0n) is 10.1. The van der Waals surface area contributed by atoms with Gasteiger partial charge in [0.25, 0.3) is 0 Å². The summed E-state index contributed by atoms with van der Waals surface area (Å²) in [6.07, 6.45) is -3.24. The number of Topliss-reactive ketones (excluding diaryl/α,β-unsaturated/α-hetero) is 1. The van der Waals surface area contributed by atoms with Crippen molar-refractivity contribution in [2.75, 3.05) is 7.11 Å². The normalized spacial score (nSPS) is 17.4. The lowest BCUT2D eigenvalue weighted by atomic mass is 9.90. The molecule has 0 aromatic heterocycles. The van der Waals surface area contributed by atoms with E-state index >= 15 is 0 Å². The third kappa shape index (κ3) is 1.98. The van der Waals surface area contributed by atoms with Crippen LogP contribution in [0.3, 0.4) is 0 Å². The number of alkyl halides is 3. The highest BCUT2D eigenvalue weighted by atomic mass is 19.4. The van der Waals surface area contributed by atoms with Crippen molar-refractivity contribution < 1.29 is 22.7 Å². The summed E-state index contributed by atoms with van der Waals surface area (Å²) in [5, 5.41) is 0. The van der Waals surface area contributed by atoms with Gasteiger partial charge in [0.2, 0.25) is 0 Å². The lowest BCUT2D eigenvalue weighted by Crippen LogP contribution is -2.18. The third-order valence-corrected chi connectivity index (χ3v) is 3.48. The average Bonchev–Trinajstić information content (AvgIpc) is 3.08.